The Balaban J connectivity index is 2.52. The highest BCUT2D eigenvalue weighted by molar-refractivity contribution is 5.93. The monoisotopic (exact) mass is 202 g/mol. The zero-order chi connectivity index (χ0) is 11.1. The molecular formula is C10H10N4O. The molecule has 0 saturated heterocycles. The molecule has 0 saturated carbocycles. The molecule has 5 nitrogen and oxygen atoms in total. The van der Waals surface area contributed by atoms with Crippen LogP contribution >= 0.6 is 0 Å². The summed E-state index contributed by atoms with van der Waals surface area (Å²) in [6.07, 6.45) is 1.09. The molecular weight excluding hydrogens is 192 g/mol. The van der Waals surface area contributed by atoms with Crippen LogP contribution in [0.25, 0.3) is 0 Å². The summed E-state index contributed by atoms with van der Waals surface area (Å²) in [5, 5.41) is 8.26. The largest absolute Gasteiger partial charge is 0.384 e. The van der Waals surface area contributed by atoms with Gasteiger partial charge >= 0.3 is 0 Å². The van der Waals surface area contributed by atoms with Crippen LogP contribution in [0.15, 0.2) is 42.2 Å². The van der Waals surface area contributed by atoms with E-state index >= 15 is 0 Å². The van der Waals surface area contributed by atoms with E-state index in [0.29, 0.717) is 5.56 Å². The summed E-state index contributed by atoms with van der Waals surface area (Å²) in [5.74, 6) is -0.230. The van der Waals surface area contributed by atoms with Gasteiger partial charge in [0.15, 0.2) is 0 Å². The van der Waals surface area contributed by atoms with Gasteiger partial charge in [0.1, 0.15) is 5.82 Å². The van der Waals surface area contributed by atoms with Crippen LogP contribution in [0.3, 0.4) is 0 Å². The zero-order valence-electron chi connectivity index (χ0n) is 7.90. The Morgan fingerprint density at radius 2 is 2.00 bits per heavy atom. The molecule has 1 aromatic rings. The Morgan fingerprint density at radius 3 is 2.60 bits per heavy atom. The summed E-state index contributed by atoms with van der Waals surface area (Å²) in [5.41, 5.74) is 10.6. The first kappa shape index (κ1) is 10.6. The van der Waals surface area contributed by atoms with Crippen molar-refractivity contribution in [3.63, 3.8) is 0 Å². The maximum Gasteiger partial charge on any atom is 0.269 e. The van der Waals surface area contributed by atoms with Gasteiger partial charge in [-0.05, 0) is 12.1 Å². The summed E-state index contributed by atoms with van der Waals surface area (Å²) in [4.78, 5) is 11.4. The van der Waals surface area contributed by atoms with Gasteiger partial charge in [-0.3, -0.25) is 15.6 Å². The number of nitrogens with two attached hydrogens (primary N) is 1. The summed E-state index contributed by atoms with van der Waals surface area (Å²) >= 11 is 0. The van der Waals surface area contributed by atoms with Gasteiger partial charge in [0.25, 0.3) is 5.91 Å². The van der Waals surface area contributed by atoms with Gasteiger partial charge in [-0.15, -0.1) is 0 Å². The van der Waals surface area contributed by atoms with E-state index in [-0.39, 0.29) is 11.7 Å². The van der Waals surface area contributed by atoms with Crippen molar-refractivity contribution in [2.75, 3.05) is 0 Å². The minimum absolute atomic E-state index is 0.0850. The summed E-state index contributed by atoms with van der Waals surface area (Å²) in [7, 11) is 0. The van der Waals surface area contributed by atoms with Crippen molar-refractivity contribution >= 4 is 5.91 Å². The van der Waals surface area contributed by atoms with E-state index < -0.39 is 0 Å². The summed E-state index contributed by atoms with van der Waals surface area (Å²) < 4.78 is 0. The Kier molecular flexibility index (Phi) is 3.74. The second kappa shape index (κ2) is 5.29. The van der Waals surface area contributed by atoms with Gasteiger partial charge in [0.2, 0.25) is 0 Å². The first-order valence-electron chi connectivity index (χ1n) is 4.20. The first-order chi connectivity index (χ1) is 7.24. The van der Waals surface area contributed by atoms with E-state index in [2.05, 4.69) is 10.9 Å². The highest BCUT2D eigenvalue weighted by Gasteiger charge is 2.02. The van der Waals surface area contributed by atoms with Crippen LogP contribution in [0, 0.1) is 11.3 Å². The van der Waals surface area contributed by atoms with Crippen LogP contribution in [0.1, 0.15) is 10.4 Å². The quantitative estimate of drug-likeness (QED) is 0.484. The zero-order valence-corrected chi connectivity index (χ0v) is 7.90. The molecule has 15 heavy (non-hydrogen) atoms. The van der Waals surface area contributed by atoms with Crippen molar-refractivity contribution in [3.8, 4) is 6.07 Å². The molecule has 0 aromatic heterocycles. The number of nitrogens with zero attached hydrogens (tertiary/aromatic N) is 1. The molecule has 0 fully saturated rings. The fourth-order valence-electron chi connectivity index (χ4n) is 0.896. The predicted molar refractivity (Wildman–Crippen MR) is 54.9 cm³/mol. The van der Waals surface area contributed by atoms with Gasteiger partial charge < -0.3 is 5.73 Å². The van der Waals surface area contributed by atoms with E-state index in [1.54, 1.807) is 30.3 Å². The second-order valence-corrected chi connectivity index (χ2v) is 2.67. The van der Waals surface area contributed by atoms with Crippen LogP contribution < -0.4 is 16.6 Å². The van der Waals surface area contributed by atoms with Crippen molar-refractivity contribution in [1.29, 1.82) is 5.26 Å². The minimum atomic E-state index is -0.315. The van der Waals surface area contributed by atoms with Gasteiger partial charge in [-0.1, -0.05) is 18.2 Å². The van der Waals surface area contributed by atoms with Crippen molar-refractivity contribution in [2.45, 2.75) is 0 Å². The molecule has 4 N–H and O–H groups in total. The molecule has 0 aliphatic carbocycles. The number of amides is 1. The molecule has 0 aliphatic heterocycles. The number of allylic oxidation sites excluding steroid dienone is 1. The molecule has 1 aromatic carbocycles. The highest BCUT2D eigenvalue weighted by Crippen LogP contribution is 1.96. The average Bonchev–Trinajstić information content (AvgIpc) is 2.27. The Morgan fingerprint density at radius 1 is 1.33 bits per heavy atom. The van der Waals surface area contributed by atoms with E-state index in [1.807, 2.05) is 6.07 Å². The normalized spacial score (nSPS) is 10.2. The fraction of sp³-hybridized carbons (Fsp3) is 0. The SMILES string of the molecule is N#C/C=C(\N)NNC(=O)c1ccccc1. The number of carbonyl (C=O) groups is 1. The molecule has 1 amide bonds. The molecule has 76 valence electrons. The molecule has 0 bridgehead atoms. The standard InChI is InChI=1S/C10H10N4O/c11-7-6-9(12)13-14-10(15)8-4-2-1-3-5-8/h1-6,13H,12H2,(H,14,15)/b9-6+. The lowest BCUT2D eigenvalue weighted by molar-refractivity contribution is 0.0938. The van der Waals surface area contributed by atoms with Gasteiger partial charge in [0, 0.05) is 5.56 Å². The fourth-order valence-corrected chi connectivity index (χ4v) is 0.896. The van der Waals surface area contributed by atoms with Crippen molar-refractivity contribution in [1.82, 2.24) is 10.9 Å². The number of hydrogen-bond acceptors (Lipinski definition) is 4. The maximum atomic E-state index is 11.4. The van der Waals surface area contributed by atoms with E-state index in [0.717, 1.165) is 6.08 Å². The number of hydrogen-bond donors (Lipinski definition) is 3. The summed E-state index contributed by atoms with van der Waals surface area (Å²) in [6, 6.07) is 10.4. The number of rotatable bonds is 3. The van der Waals surface area contributed by atoms with Crippen molar-refractivity contribution in [3.05, 3.63) is 47.8 Å². The number of hydrazine groups is 1. The van der Waals surface area contributed by atoms with Crippen LogP contribution in [0.2, 0.25) is 0 Å². The van der Waals surface area contributed by atoms with Gasteiger partial charge in [-0.2, -0.15) is 5.26 Å². The molecule has 0 heterocycles. The number of nitriles is 1. The molecule has 5 heteroatoms. The lowest BCUT2D eigenvalue weighted by Gasteiger charge is -2.06. The topological polar surface area (TPSA) is 90.9 Å². The van der Waals surface area contributed by atoms with Crippen molar-refractivity contribution < 1.29 is 4.79 Å². The third kappa shape index (κ3) is 3.40. The number of benzene rings is 1. The molecule has 0 unspecified atom stereocenters. The maximum absolute atomic E-state index is 11.4. The Bertz CT molecular complexity index is 405. The van der Waals surface area contributed by atoms with E-state index in [1.165, 1.54) is 0 Å². The second-order valence-electron chi connectivity index (χ2n) is 2.67. The lowest BCUT2D eigenvalue weighted by Crippen LogP contribution is -2.39. The van der Waals surface area contributed by atoms with E-state index in [4.69, 9.17) is 11.0 Å². The van der Waals surface area contributed by atoms with E-state index in [9.17, 15) is 4.79 Å². The molecule has 0 atom stereocenters. The average molecular weight is 202 g/mol. The smallest absolute Gasteiger partial charge is 0.269 e. The van der Waals surface area contributed by atoms with Crippen molar-refractivity contribution in [2.24, 2.45) is 5.73 Å². The number of nitrogens with one attached hydrogen (secondary N) is 2. The van der Waals surface area contributed by atoms with Gasteiger partial charge in [-0.25, -0.2) is 0 Å². The molecule has 0 aliphatic rings. The molecule has 1 rings (SSSR count). The lowest BCUT2D eigenvalue weighted by atomic mass is 10.2. The minimum Gasteiger partial charge on any atom is -0.384 e. The number of carbonyl (C=O) groups excluding carboxylic acids is 1. The van der Waals surface area contributed by atoms with Gasteiger partial charge in [0.05, 0.1) is 12.1 Å². The Hall–Kier alpha value is -2.48. The molecule has 0 radical (unpaired) electrons. The third-order valence-corrected chi connectivity index (χ3v) is 1.58. The van der Waals surface area contributed by atoms with Crippen LogP contribution in [0.5, 0.6) is 0 Å². The predicted octanol–water partition coefficient (Wildman–Crippen LogP) is 0.245. The summed E-state index contributed by atoms with van der Waals surface area (Å²) in [6.45, 7) is 0. The Labute approximate surface area is 87.2 Å². The third-order valence-electron chi connectivity index (χ3n) is 1.58. The molecule has 0 spiro atoms. The first-order valence-corrected chi connectivity index (χ1v) is 4.20. The van der Waals surface area contributed by atoms with Crippen LogP contribution in [-0.4, -0.2) is 5.91 Å². The highest BCUT2D eigenvalue weighted by atomic mass is 16.2. The van der Waals surface area contributed by atoms with Crippen LogP contribution in [0.4, 0.5) is 0 Å². The van der Waals surface area contributed by atoms with Crippen LogP contribution in [-0.2, 0) is 0 Å².